The zero-order chi connectivity index (χ0) is 16.0. The van der Waals surface area contributed by atoms with Crippen molar-refractivity contribution in [1.29, 1.82) is 0 Å². The number of carbonyl (C=O) groups excluding carboxylic acids is 1. The molecule has 0 spiro atoms. The molecule has 4 nitrogen and oxygen atoms in total. The zero-order valence-corrected chi connectivity index (χ0v) is 13.2. The van der Waals surface area contributed by atoms with Crippen LogP contribution in [0.3, 0.4) is 0 Å². The van der Waals surface area contributed by atoms with E-state index in [1.54, 1.807) is 32.0 Å². The number of allylic oxidation sites excluding steroid dienone is 1. The number of hydrogen-bond donors (Lipinski definition) is 1. The van der Waals surface area contributed by atoms with Gasteiger partial charge in [-0.05, 0) is 31.5 Å². The van der Waals surface area contributed by atoms with E-state index < -0.39 is 17.4 Å². The summed E-state index contributed by atoms with van der Waals surface area (Å²) in [4.78, 5) is 24.2. The molecule has 1 rings (SSSR count). The average Bonchev–Trinajstić information content (AvgIpc) is 2.44. The molecule has 1 aromatic carbocycles. The van der Waals surface area contributed by atoms with Crippen molar-refractivity contribution >= 4 is 35.1 Å². The predicted octanol–water partition coefficient (Wildman–Crippen LogP) is 3.76. The number of carboxylic acid groups (broad SMARTS) is 1. The summed E-state index contributed by atoms with van der Waals surface area (Å²) in [6, 6.07) is 6.19. The first-order valence-electron chi connectivity index (χ1n) is 6.31. The maximum absolute atomic E-state index is 12.4. The van der Waals surface area contributed by atoms with E-state index in [0.29, 0.717) is 10.6 Å². The van der Waals surface area contributed by atoms with Crippen LogP contribution >= 0.6 is 23.2 Å². The minimum Gasteiger partial charge on any atom is -0.480 e. The first-order chi connectivity index (χ1) is 9.88. The molecule has 0 aliphatic carbocycles. The molecule has 1 aromatic rings. The van der Waals surface area contributed by atoms with Crippen molar-refractivity contribution in [3.63, 3.8) is 0 Å². The summed E-state index contributed by atoms with van der Waals surface area (Å²) in [7, 11) is 0. The molecule has 21 heavy (non-hydrogen) atoms. The Labute approximate surface area is 133 Å². The van der Waals surface area contributed by atoms with E-state index in [1.165, 1.54) is 11.6 Å². The normalized spacial score (nSPS) is 14.4. The van der Waals surface area contributed by atoms with Gasteiger partial charge < -0.3 is 9.84 Å². The first kappa shape index (κ1) is 17.5. The predicted molar refractivity (Wildman–Crippen MR) is 81.6 cm³/mol. The second-order valence-electron chi connectivity index (χ2n) is 4.57. The molecule has 0 fully saturated rings. The van der Waals surface area contributed by atoms with E-state index in [0.717, 1.165) is 0 Å². The highest BCUT2D eigenvalue weighted by Crippen LogP contribution is 2.35. The number of carbonyl (C=O) groups is 2. The van der Waals surface area contributed by atoms with Gasteiger partial charge in [0.15, 0.2) is 5.41 Å². The molecule has 0 bridgehead atoms. The fourth-order valence-electron chi connectivity index (χ4n) is 2.04. The molecular formula is C15H16Cl2O4. The van der Waals surface area contributed by atoms with E-state index in [4.69, 9.17) is 27.9 Å². The van der Waals surface area contributed by atoms with Gasteiger partial charge in [-0.25, -0.2) is 0 Å². The van der Waals surface area contributed by atoms with Crippen LogP contribution < -0.4 is 0 Å². The van der Waals surface area contributed by atoms with Crippen LogP contribution in [0.15, 0.2) is 35.4 Å². The molecule has 6 heteroatoms. The smallest absolute Gasteiger partial charge is 0.328 e. The maximum atomic E-state index is 12.4. The van der Waals surface area contributed by atoms with Crippen LogP contribution in [0, 0.1) is 0 Å². The van der Waals surface area contributed by atoms with Gasteiger partial charge in [-0.2, -0.15) is 0 Å². The number of hydrogen-bond acceptors (Lipinski definition) is 3. The van der Waals surface area contributed by atoms with Crippen LogP contribution in [-0.4, -0.2) is 23.7 Å². The standard InChI is InChI=1S/C15H16Cl2O4/c1-3-21-14(20)15(13(18)19,8-10(2)9-16)11-5-4-6-12(17)7-11/h4-7,9H,3,8H2,1-2H3,(H,18,19)/b10-9+. The Hall–Kier alpha value is -1.52. The van der Waals surface area contributed by atoms with Crippen LogP contribution in [-0.2, 0) is 19.7 Å². The van der Waals surface area contributed by atoms with Crippen molar-refractivity contribution in [3.05, 3.63) is 46.0 Å². The summed E-state index contributed by atoms with van der Waals surface area (Å²) < 4.78 is 4.98. The fraction of sp³-hybridized carbons (Fsp3) is 0.333. The van der Waals surface area contributed by atoms with Crippen LogP contribution in [0.1, 0.15) is 25.8 Å². The quantitative estimate of drug-likeness (QED) is 0.637. The molecule has 1 N–H and O–H groups in total. The third kappa shape index (κ3) is 3.77. The second kappa shape index (κ2) is 7.48. The molecule has 0 aliphatic rings. The van der Waals surface area contributed by atoms with Gasteiger partial charge >= 0.3 is 11.9 Å². The Kier molecular flexibility index (Phi) is 6.24. The third-order valence-electron chi connectivity index (χ3n) is 3.04. The Morgan fingerprint density at radius 3 is 2.57 bits per heavy atom. The number of benzene rings is 1. The molecule has 0 heterocycles. The summed E-state index contributed by atoms with van der Waals surface area (Å²) in [5.41, 5.74) is 0.198. The number of ether oxygens (including phenoxy) is 1. The fourth-order valence-corrected chi connectivity index (χ4v) is 2.31. The number of esters is 1. The SMILES string of the molecule is CCOC(=O)C(C/C(C)=C/Cl)(C(=O)O)c1cccc(Cl)c1. The maximum Gasteiger partial charge on any atom is 0.328 e. The lowest BCUT2D eigenvalue weighted by Crippen LogP contribution is -2.45. The van der Waals surface area contributed by atoms with E-state index in [9.17, 15) is 14.7 Å². The minimum absolute atomic E-state index is 0.0814. The van der Waals surface area contributed by atoms with Gasteiger partial charge in [-0.3, -0.25) is 9.59 Å². The van der Waals surface area contributed by atoms with Crippen molar-refractivity contribution in [1.82, 2.24) is 0 Å². The van der Waals surface area contributed by atoms with Crippen molar-refractivity contribution in [2.45, 2.75) is 25.7 Å². The lowest BCUT2D eigenvalue weighted by atomic mass is 9.75. The Morgan fingerprint density at radius 1 is 1.43 bits per heavy atom. The van der Waals surface area contributed by atoms with E-state index >= 15 is 0 Å². The van der Waals surface area contributed by atoms with Gasteiger partial charge in [0.2, 0.25) is 0 Å². The molecular weight excluding hydrogens is 315 g/mol. The summed E-state index contributed by atoms with van der Waals surface area (Å²) >= 11 is 11.6. The minimum atomic E-state index is -1.86. The molecule has 0 amide bonds. The summed E-state index contributed by atoms with van der Waals surface area (Å²) in [5.74, 6) is -2.14. The highest BCUT2D eigenvalue weighted by molar-refractivity contribution is 6.30. The van der Waals surface area contributed by atoms with Gasteiger partial charge in [0, 0.05) is 17.0 Å². The molecule has 114 valence electrons. The molecule has 0 saturated heterocycles. The average molecular weight is 331 g/mol. The second-order valence-corrected chi connectivity index (χ2v) is 5.23. The molecule has 0 aromatic heterocycles. The summed E-state index contributed by atoms with van der Waals surface area (Å²) in [6.45, 7) is 3.35. The van der Waals surface area contributed by atoms with Gasteiger partial charge in [-0.1, -0.05) is 40.9 Å². The first-order valence-corrected chi connectivity index (χ1v) is 7.12. The molecule has 1 atom stereocenters. The lowest BCUT2D eigenvalue weighted by Gasteiger charge is -2.28. The lowest BCUT2D eigenvalue weighted by molar-refractivity contribution is -0.161. The molecule has 0 aliphatic heterocycles. The van der Waals surface area contributed by atoms with Crippen molar-refractivity contribution < 1.29 is 19.4 Å². The zero-order valence-electron chi connectivity index (χ0n) is 11.7. The number of halogens is 2. The van der Waals surface area contributed by atoms with Gasteiger partial charge in [0.05, 0.1) is 6.61 Å². The van der Waals surface area contributed by atoms with Crippen molar-refractivity contribution in [2.24, 2.45) is 0 Å². The van der Waals surface area contributed by atoms with Crippen molar-refractivity contribution in [3.8, 4) is 0 Å². The Balaban J connectivity index is 3.50. The number of rotatable bonds is 6. The molecule has 0 saturated carbocycles. The van der Waals surface area contributed by atoms with E-state index in [1.807, 2.05) is 0 Å². The molecule has 0 radical (unpaired) electrons. The monoisotopic (exact) mass is 330 g/mol. The number of aliphatic carboxylic acids is 1. The van der Waals surface area contributed by atoms with E-state index in [2.05, 4.69) is 0 Å². The van der Waals surface area contributed by atoms with Crippen LogP contribution in [0.25, 0.3) is 0 Å². The summed E-state index contributed by atoms with van der Waals surface area (Å²) in [6.07, 6.45) is -0.0923. The van der Waals surface area contributed by atoms with Crippen LogP contribution in [0.5, 0.6) is 0 Å². The number of carboxylic acids is 1. The topological polar surface area (TPSA) is 63.6 Å². The van der Waals surface area contributed by atoms with Gasteiger partial charge in [0.1, 0.15) is 0 Å². The third-order valence-corrected chi connectivity index (χ3v) is 3.64. The van der Waals surface area contributed by atoms with Gasteiger partial charge in [0.25, 0.3) is 0 Å². The summed E-state index contributed by atoms with van der Waals surface area (Å²) in [5, 5.41) is 10.0. The van der Waals surface area contributed by atoms with Crippen molar-refractivity contribution in [2.75, 3.05) is 6.61 Å². The van der Waals surface area contributed by atoms with Gasteiger partial charge in [-0.15, -0.1) is 0 Å². The van der Waals surface area contributed by atoms with Crippen LogP contribution in [0.2, 0.25) is 5.02 Å². The van der Waals surface area contributed by atoms with E-state index in [-0.39, 0.29) is 18.6 Å². The highest BCUT2D eigenvalue weighted by atomic mass is 35.5. The largest absolute Gasteiger partial charge is 0.480 e. The molecule has 1 unspecified atom stereocenters. The highest BCUT2D eigenvalue weighted by Gasteiger charge is 2.49. The van der Waals surface area contributed by atoms with Crippen LogP contribution in [0.4, 0.5) is 0 Å². The Morgan fingerprint density at radius 2 is 2.10 bits per heavy atom. The Bertz CT molecular complexity index is 569.